The highest BCUT2D eigenvalue weighted by molar-refractivity contribution is 5.99. The van der Waals surface area contributed by atoms with Crippen molar-refractivity contribution >= 4 is 23.6 Å². The molecule has 0 aliphatic heterocycles. The number of rotatable bonds is 11. The van der Waals surface area contributed by atoms with Crippen molar-refractivity contribution in [2.75, 3.05) is 5.32 Å². The third kappa shape index (κ3) is 10.2. The van der Waals surface area contributed by atoms with Crippen LogP contribution >= 0.6 is 0 Å². The van der Waals surface area contributed by atoms with Crippen LogP contribution in [0.5, 0.6) is 0 Å². The van der Waals surface area contributed by atoms with Gasteiger partial charge in [-0.05, 0) is 90.3 Å². The second-order valence-electron chi connectivity index (χ2n) is 13.1. The minimum Gasteiger partial charge on any atom is -0.444 e. The first-order valence-corrected chi connectivity index (χ1v) is 14.8. The van der Waals surface area contributed by atoms with Crippen LogP contribution in [0.25, 0.3) is 0 Å². The Morgan fingerprint density at radius 1 is 0.878 bits per heavy atom. The number of ether oxygens (including phenoxy) is 1. The molecule has 3 atom stereocenters. The monoisotopic (exact) mass is 565 g/mol. The van der Waals surface area contributed by atoms with E-state index in [0.29, 0.717) is 18.0 Å². The molecule has 3 amide bonds. The van der Waals surface area contributed by atoms with Crippen molar-refractivity contribution in [1.82, 2.24) is 10.2 Å². The number of nitrogens with one attached hydrogen (secondary N) is 2. The van der Waals surface area contributed by atoms with Crippen molar-refractivity contribution in [3.8, 4) is 0 Å². The molecule has 0 radical (unpaired) electrons. The van der Waals surface area contributed by atoms with Crippen LogP contribution in [0.15, 0.2) is 42.5 Å². The summed E-state index contributed by atoms with van der Waals surface area (Å²) in [5.74, 6) is -0.426. The maximum Gasteiger partial charge on any atom is 0.408 e. The van der Waals surface area contributed by atoms with Crippen molar-refractivity contribution in [2.24, 2.45) is 11.8 Å². The van der Waals surface area contributed by atoms with Gasteiger partial charge in [0.05, 0.1) is 0 Å². The first kappa shape index (κ1) is 33.9. The van der Waals surface area contributed by atoms with Crippen LogP contribution in [-0.4, -0.2) is 40.5 Å². The second-order valence-corrected chi connectivity index (χ2v) is 13.1. The largest absolute Gasteiger partial charge is 0.444 e. The van der Waals surface area contributed by atoms with Gasteiger partial charge in [-0.2, -0.15) is 0 Å². The van der Waals surface area contributed by atoms with Crippen molar-refractivity contribution in [2.45, 2.75) is 113 Å². The van der Waals surface area contributed by atoms with Crippen LogP contribution < -0.4 is 10.6 Å². The van der Waals surface area contributed by atoms with Gasteiger partial charge in [0.15, 0.2) is 0 Å². The minimum absolute atomic E-state index is 0.242. The number of carbonyl (C=O) groups is 3. The van der Waals surface area contributed by atoms with E-state index < -0.39 is 23.8 Å². The van der Waals surface area contributed by atoms with E-state index in [4.69, 9.17) is 4.74 Å². The summed E-state index contributed by atoms with van der Waals surface area (Å²) in [5, 5.41) is 5.91. The van der Waals surface area contributed by atoms with Crippen molar-refractivity contribution in [3.05, 3.63) is 64.7 Å². The van der Waals surface area contributed by atoms with Crippen LogP contribution in [-0.2, 0) is 14.3 Å². The van der Waals surface area contributed by atoms with Crippen LogP contribution in [0.2, 0.25) is 0 Å². The number of para-hydroxylation sites is 1. The quantitative estimate of drug-likeness (QED) is 0.295. The van der Waals surface area contributed by atoms with Crippen molar-refractivity contribution < 1.29 is 19.1 Å². The lowest BCUT2D eigenvalue weighted by Crippen LogP contribution is -2.56. The summed E-state index contributed by atoms with van der Waals surface area (Å²) in [6.45, 7) is 21.3. The van der Waals surface area contributed by atoms with Gasteiger partial charge in [0.25, 0.3) is 5.91 Å². The Morgan fingerprint density at radius 3 is 1.98 bits per heavy atom. The molecule has 226 valence electrons. The van der Waals surface area contributed by atoms with E-state index in [2.05, 4.69) is 30.5 Å². The van der Waals surface area contributed by atoms with E-state index in [1.165, 1.54) is 0 Å². The van der Waals surface area contributed by atoms with Gasteiger partial charge in [0.2, 0.25) is 5.91 Å². The standard InChI is InChI=1S/C34H51N3O4/c1-21(2)16-17-26(8)37(32(39)29(22(3)4)36-33(40)41-34(9,10)11)30(27-19-23(5)18-24(6)20-27)31(38)35-28-15-13-12-14-25(28)7/h12-15,18-22,26,29-30H,16-17H2,1-11H3,(H,35,38)(H,36,40). The number of nitrogens with zero attached hydrogens (tertiary/aromatic N) is 1. The third-order valence-electron chi connectivity index (χ3n) is 6.99. The molecule has 7 nitrogen and oxygen atoms in total. The molecule has 2 N–H and O–H groups in total. The van der Waals surface area contributed by atoms with Crippen LogP contribution in [0.4, 0.5) is 10.5 Å². The Morgan fingerprint density at radius 2 is 1.46 bits per heavy atom. The van der Waals surface area contributed by atoms with Crippen LogP contribution in [0, 0.1) is 32.6 Å². The Balaban J connectivity index is 2.67. The van der Waals surface area contributed by atoms with Gasteiger partial charge in [-0.3, -0.25) is 9.59 Å². The lowest BCUT2D eigenvalue weighted by atomic mass is 9.93. The molecule has 7 heteroatoms. The molecule has 0 saturated heterocycles. The number of anilines is 1. The minimum atomic E-state index is -0.912. The maximum atomic E-state index is 14.6. The highest BCUT2D eigenvalue weighted by Gasteiger charge is 2.40. The summed E-state index contributed by atoms with van der Waals surface area (Å²) in [4.78, 5) is 43.3. The van der Waals surface area contributed by atoms with E-state index in [0.717, 1.165) is 28.7 Å². The van der Waals surface area contributed by atoms with Gasteiger partial charge in [0.1, 0.15) is 17.7 Å². The summed E-state index contributed by atoms with van der Waals surface area (Å²) in [6.07, 6.45) is 0.932. The van der Waals surface area contributed by atoms with Crippen LogP contribution in [0.3, 0.4) is 0 Å². The Hall–Kier alpha value is -3.35. The molecule has 0 aliphatic rings. The lowest BCUT2D eigenvalue weighted by Gasteiger charge is -2.39. The molecule has 0 heterocycles. The predicted molar refractivity (Wildman–Crippen MR) is 167 cm³/mol. The average Bonchev–Trinajstić information content (AvgIpc) is 2.83. The van der Waals surface area contributed by atoms with Gasteiger partial charge in [-0.1, -0.05) is 75.2 Å². The number of hydrogen-bond acceptors (Lipinski definition) is 4. The fourth-order valence-electron chi connectivity index (χ4n) is 4.94. The van der Waals surface area contributed by atoms with Gasteiger partial charge in [-0.15, -0.1) is 0 Å². The number of amides is 3. The lowest BCUT2D eigenvalue weighted by molar-refractivity contribution is -0.144. The summed E-state index contributed by atoms with van der Waals surface area (Å²) < 4.78 is 5.50. The topological polar surface area (TPSA) is 87.7 Å². The van der Waals surface area contributed by atoms with Gasteiger partial charge >= 0.3 is 6.09 Å². The molecular weight excluding hydrogens is 514 g/mol. The first-order valence-electron chi connectivity index (χ1n) is 14.8. The number of hydrogen-bond donors (Lipinski definition) is 2. The second kappa shape index (κ2) is 14.5. The summed E-state index contributed by atoms with van der Waals surface area (Å²) >= 11 is 0. The van der Waals surface area contributed by atoms with Gasteiger partial charge in [-0.25, -0.2) is 4.79 Å². The molecule has 41 heavy (non-hydrogen) atoms. The molecular formula is C34H51N3O4. The number of aryl methyl sites for hydroxylation is 3. The van der Waals surface area contributed by atoms with Crippen molar-refractivity contribution in [1.29, 1.82) is 0 Å². The molecule has 0 saturated carbocycles. The van der Waals surface area contributed by atoms with Crippen molar-refractivity contribution in [3.63, 3.8) is 0 Å². The van der Waals surface area contributed by atoms with E-state index in [1.54, 1.807) is 25.7 Å². The smallest absolute Gasteiger partial charge is 0.408 e. The summed E-state index contributed by atoms with van der Waals surface area (Å²) in [6, 6.07) is 11.5. The highest BCUT2D eigenvalue weighted by Crippen LogP contribution is 2.31. The fraction of sp³-hybridized carbons (Fsp3) is 0.559. The van der Waals surface area contributed by atoms with E-state index in [1.807, 2.05) is 77.9 Å². The van der Waals surface area contributed by atoms with Gasteiger partial charge < -0.3 is 20.3 Å². The molecule has 0 aromatic heterocycles. The Bertz CT molecular complexity index is 1180. The molecule has 2 aromatic carbocycles. The first-order chi connectivity index (χ1) is 19.0. The molecule has 0 bridgehead atoms. The fourth-order valence-corrected chi connectivity index (χ4v) is 4.94. The molecule has 0 spiro atoms. The third-order valence-corrected chi connectivity index (χ3v) is 6.99. The van der Waals surface area contributed by atoms with E-state index in [9.17, 15) is 14.4 Å². The molecule has 2 rings (SSSR count). The SMILES string of the molecule is Cc1cc(C)cc(C(C(=O)Nc2ccccc2C)N(C(=O)C(NC(=O)OC(C)(C)C)C(C)C)C(C)CCC(C)C)c1. The predicted octanol–water partition coefficient (Wildman–Crippen LogP) is 7.49. The summed E-state index contributed by atoms with van der Waals surface area (Å²) in [5.41, 5.74) is 3.65. The zero-order valence-electron chi connectivity index (χ0n) is 26.9. The number of alkyl carbamates (subject to hydrolysis) is 1. The van der Waals surface area contributed by atoms with E-state index >= 15 is 0 Å². The number of benzene rings is 2. The normalized spacial score (nSPS) is 13.9. The molecule has 3 unspecified atom stereocenters. The van der Waals surface area contributed by atoms with Gasteiger partial charge in [0, 0.05) is 11.7 Å². The summed E-state index contributed by atoms with van der Waals surface area (Å²) in [7, 11) is 0. The number of carbonyl (C=O) groups excluding carboxylic acids is 3. The molecule has 0 aliphatic carbocycles. The van der Waals surface area contributed by atoms with E-state index in [-0.39, 0.29) is 23.8 Å². The Kier molecular flexibility index (Phi) is 12.0. The Labute approximate surface area is 247 Å². The van der Waals surface area contributed by atoms with Crippen LogP contribution in [0.1, 0.15) is 96.5 Å². The zero-order valence-corrected chi connectivity index (χ0v) is 26.9. The molecule has 0 fully saturated rings. The average molecular weight is 566 g/mol. The highest BCUT2D eigenvalue weighted by atomic mass is 16.6. The zero-order chi connectivity index (χ0) is 31.1. The molecule has 2 aromatic rings. The maximum absolute atomic E-state index is 14.6.